The van der Waals surface area contributed by atoms with E-state index in [-0.39, 0.29) is 5.66 Å². The SMILES string of the molecule is C[C@@H]1CCC[C@]2(C1)NC(=S)N(C)N2. The van der Waals surface area contributed by atoms with Crippen LogP contribution in [0.3, 0.4) is 0 Å². The first-order valence-electron chi connectivity index (χ1n) is 4.95. The molecule has 1 saturated heterocycles. The Hall–Kier alpha value is -0.350. The highest BCUT2D eigenvalue weighted by molar-refractivity contribution is 7.80. The standard InChI is InChI=1S/C9H17N3S/c1-7-4-3-5-9(6-7)10-8(13)12(2)11-9/h7,11H,3-6H2,1-2H3,(H,10,13)/t7-,9+/m1/s1. The van der Waals surface area contributed by atoms with E-state index in [4.69, 9.17) is 12.2 Å². The summed E-state index contributed by atoms with van der Waals surface area (Å²) in [6.07, 6.45) is 5.00. The molecule has 1 spiro atoms. The lowest BCUT2D eigenvalue weighted by atomic mass is 9.83. The molecule has 0 amide bonds. The fourth-order valence-corrected chi connectivity index (χ4v) is 2.70. The Morgan fingerprint density at radius 3 is 2.92 bits per heavy atom. The quantitative estimate of drug-likeness (QED) is 0.574. The van der Waals surface area contributed by atoms with E-state index in [9.17, 15) is 0 Å². The van der Waals surface area contributed by atoms with E-state index in [1.54, 1.807) is 0 Å². The van der Waals surface area contributed by atoms with Crippen LogP contribution in [0.2, 0.25) is 0 Å². The molecule has 2 atom stereocenters. The van der Waals surface area contributed by atoms with Gasteiger partial charge in [0, 0.05) is 7.05 Å². The molecule has 1 saturated carbocycles. The van der Waals surface area contributed by atoms with Crippen LogP contribution in [0.4, 0.5) is 0 Å². The zero-order valence-electron chi connectivity index (χ0n) is 8.26. The zero-order chi connectivity index (χ0) is 9.47. The normalized spacial score (nSPS) is 39.7. The van der Waals surface area contributed by atoms with Crippen LogP contribution in [0.1, 0.15) is 32.6 Å². The van der Waals surface area contributed by atoms with Gasteiger partial charge in [0.2, 0.25) is 0 Å². The summed E-state index contributed by atoms with van der Waals surface area (Å²) in [4.78, 5) is 0. The first-order valence-corrected chi connectivity index (χ1v) is 5.36. The molecule has 1 aliphatic carbocycles. The maximum atomic E-state index is 5.19. The maximum absolute atomic E-state index is 5.19. The molecule has 2 rings (SSSR count). The smallest absolute Gasteiger partial charge is 0.184 e. The zero-order valence-corrected chi connectivity index (χ0v) is 9.08. The predicted molar refractivity (Wildman–Crippen MR) is 57.0 cm³/mol. The van der Waals surface area contributed by atoms with Crippen molar-refractivity contribution in [3.63, 3.8) is 0 Å². The van der Waals surface area contributed by atoms with Crippen molar-refractivity contribution in [2.24, 2.45) is 5.92 Å². The fraction of sp³-hybridized carbons (Fsp3) is 0.889. The van der Waals surface area contributed by atoms with Gasteiger partial charge in [-0.3, -0.25) is 5.01 Å². The summed E-state index contributed by atoms with van der Waals surface area (Å²) < 4.78 is 0. The maximum Gasteiger partial charge on any atom is 0.184 e. The Bertz CT molecular complexity index is 231. The Balaban J connectivity index is 2.09. The number of thiocarbonyl (C=S) groups is 1. The number of nitrogens with one attached hydrogen (secondary N) is 2. The van der Waals surface area contributed by atoms with Crippen LogP contribution in [-0.4, -0.2) is 22.8 Å². The molecule has 1 aliphatic heterocycles. The van der Waals surface area contributed by atoms with Gasteiger partial charge < -0.3 is 5.32 Å². The van der Waals surface area contributed by atoms with E-state index < -0.39 is 0 Å². The van der Waals surface area contributed by atoms with Gasteiger partial charge in [0.15, 0.2) is 5.11 Å². The molecule has 74 valence electrons. The van der Waals surface area contributed by atoms with Crippen LogP contribution in [0, 0.1) is 5.92 Å². The van der Waals surface area contributed by atoms with Crippen LogP contribution < -0.4 is 10.7 Å². The third kappa shape index (κ3) is 1.65. The topological polar surface area (TPSA) is 27.3 Å². The summed E-state index contributed by atoms with van der Waals surface area (Å²) >= 11 is 5.19. The Morgan fingerprint density at radius 1 is 1.62 bits per heavy atom. The molecule has 2 N–H and O–H groups in total. The highest BCUT2D eigenvalue weighted by Crippen LogP contribution is 2.32. The molecule has 0 unspecified atom stereocenters. The van der Waals surface area contributed by atoms with Gasteiger partial charge >= 0.3 is 0 Å². The van der Waals surface area contributed by atoms with Crippen molar-refractivity contribution in [1.82, 2.24) is 15.8 Å². The molecule has 4 heteroatoms. The fourth-order valence-electron chi connectivity index (χ4n) is 2.45. The minimum atomic E-state index is 0.0729. The van der Waals surface area contributed by atoms with Gasteiger partial charge in [-0.25, -0.2) is 5.43 Å². The van der Waals surface area contributed by atoms with Crippen molar-refractivity contribution in [1.29, 1.82) is 0 Å². The third-order valence-electron chi connectivity index (χ3n) is 3.03. The molecule has 3 nitrogen and oxygen atoms in total. The van der Waals surface area contributed by atoms with Crippen molar-refractivity contribution in [2.45, 2.75) is 38.3 Å². The lowest BCUT2D eigenvalue weighted by Crippen LogP contribution is -2.53. The summed E-state index contributed by atoms with van der Waals surface area (Å²) in [5.74, 6) is 0.794. The van der Waals surface area contributed by atoms with Crippen molar-refractivity contribution in [2.75, 3.05) is 7.05 Å². The van der Waals surface area contributed by atoms with Crippen molar-refractivity contribution >= 4 is 17.3 Å². The minimum absolute atomic E-state index is 0.0729. The second-order valence-electron chi connectivity index (χ2n) is 4.38. The van der Waals surface area contributed by atoms with Crippen molar-refractivity contribution in [3.8, 4) is 0 Å². The van der Waals surface area contributed by atoms with Crippen LogP contribution in [0.5, 0.6) is 0 Å². The number of hydrazine groups is 1. The second-order valence-corrected chi connectivity index (χ2v) is 4.77. The van der Waals surface area contributed by atoms with Gasteiger partial charge in [-0.1, -0.05) is 13.3 Å². The summed E-state index contributed by atoms with van der Waals surface area (Å²) in [5, 5.41) is 6.15. The van der Waals surface area contributed by atoms with E-state index in [1.807, 2.05) is 12.1 Å². The molecule has 0 aromatic heterocycles. The van der Waals surface area contributed by atoms with Crippen LogP contribution in [0.25, 0.3) is 0 Å². The average Bonchev–Trinajstić information content (AvgIpc) is 2.26. The molecule has 1 heterocycles. The lowest BCUT2D eigenvalue weighted by molar-refractivity contribution is 0.147. The average molecular weight is 199 g/mol. The van der Waals surface area contributed by atoms with Gasteiger partial charge in [0.05, 0.1) is 0 Å². The first-order chi connectivity index (χ1) is 6.11. The molecule has 0 aromatic rings. The first kappa shape index (κ1) is 9.21. The van der Waals surface area contributed by atoms with Gasteiger partial charge in [0.1, 0.15) is 5.66 Å². The predicted octanol–water partition coefficient (Wildman–Crippen LogP) is 1.22. The molecular weight excluding hydrogens is 182 g/mol. The Kier molecular flexibility index (Phi) is 2.20. The van der Waals surface area contributed by atoms with Crippen LogP contribution >= 0.6 is 12.2 Å². The monoisotopic (exact) mass is 199 g/mol. The third-order valence-corrected chi connectivity index (χ3v) is 3.41. The molecular formula is C9H17N3S. The van der Waals surface area contributed by atoms with Gasteiger partial charge in [-0.05, 0) is 37.4 Å². The molecule has 0 radical (unpaired) electrons. The highest BCUT2D eigenvalue weighted by Gasteiger charge is 2.41. The molecule has 2 fully saturated rings. The van der Waals surface area contributed by atoms with Crippen molar-refractivity contribution < 1.29 is 0 Å². The van der Waals surface area contributed by atoms with Gasteiger partial charge in [0.25, 0.3) is 0 Å². The lowest BCUT2D eigenvalue weighted by Gasteiger charge is -2.36. The van der Waals surface area contributed by atoms with E-state index in [1.165, 1.54) is 25.7 Å². The molecule has 13 heavy (non-hydrogen) atoms. The highest BCUT2D eigenvalue weighted by atomic mass is 32.1. The molecule has 2 aliphatic rings. The number of hydrogen-bond donors (Lipinski definition) is 2. The molecule has 0 aromatic carbocycles. The van der Waals surface area contributed by atoms with Crippen LogP contribution in [0.15, 0.2) is 0 Å². The Morgan fingerprint density at radius 2 is 2.38 bits per heavy atom. The second kappa shape index (κ2) is 3.10. The summed E-state index contributed by atoms with van der Waals surface area (Å²) in [7, 11) is 1.98. The number of rotatable bonds is 0. The number of nitrogens with zero attached hydrogens (tertiary/aromatic N) is 1. The minimum Gasteiger partial charge on any atom is -0.342 e. The largest absolute Gasteiger partial charge is 0.342 e. The van der Waals surface area contributed by atoms with E-state index in [0.717, 1.165) is 11.0 Å². The van der Waals surface area contributed by atoms with E-state index in [0.29, 0.717) is 0 Å². The molecule has 0 bridgehead atoms. The summed E-state index contributed by atoms with van der Waals surface area (Å²) in [5.41, 5.74) is 3.50. The van der Waals surface area contributed by atoms with E-state index in [2.05, 4.69) is 17.7 Å². The van der Waals surface area contributed by atoms with Crippen LogP contribution in [-0.2, 0) is 0 Å². The van der Waals surface area contributed by atoms with Gasteiger partial charge in [-0.15, -0.1) is 0 Å². The Labute approximate surface area is 84.8 Å². The van der Waals surface area contributed by atoms with Crippen molar-refractivity contribution in [3.05, 3.63) is 0 Å². The summed E-state index contributed by atoms with van der Waals surface area (Å²) in [6, 6.07) is 0. The van der Waals surface area contributed by atoms with E-state index >= 15 is 0 Å². The summed E-state index contributed by atoms with van der Waals surface area (Å²) in [6.45, 7) is 2.31. The van der Waals surface area contributed by atoms with Gasteiger partial charge in [-0.2, -0.15) is 0 Å². The number of hydrogen-bond acceptors (Lipinski definition) is 2.